The fraction of sp³-hybridized carbons (Fsp3) is 0.200. The van der Waals surface area contributed by atoms with E-state index in [1.165, 1.54) is 0 Å². The molecule has 1 aromatic heterocycles. The molecule has 3 aromatic rings. The van der Waals surface area contributed by atoms with Gasteiger partial charge in [0.05, 0.1) is 11.0 Å². The van der Waals surface area contributed by atoms with Crippen LogP contribution in [0.25, 0.3) is 16.7 Å². The number of imidazole rings is 1. The summed E-state index contributed by atoms with van der Waals surface area (Å²) in [5, 5.41) is 3.02. The minimum atomic E-state index is 0.0901. The number of aromatic nitrogens is 2. The molecule has 1 heterocycles. The molecule has 120 valence electrons. The number of rotatable bonds is 3. The van der Waals surface area contributed by atoms with Crippen molar-refractivity contribution >= 4 is 22.6 Å². The normalized spacial score (nSPS) is 17.1. The molecule has 2 aromatic carbocycles. The zero-order chi connectivity index (χ0) is 16.4. The highest BCUT2D eigenvalue weighted by atomic mass is 16.1. The van der Waals surface area contributed by atoms with Gasteiger partial charge < -0.3 is 5.32 Å². The maximum atomic E-state index is 12.3. The number of nitrogens with one attached hydrogen (secondary N) is 1. The highest BCUT2D eigenvalue weighted by Gasteiger charge is 2.18. The van der Waals surface area contributed by atoms with Crippen molar-refractivity contribution in [2.45, 2.75) is 19.3 Å². The molecule has 0 fully saturated rings. The van der Waals surface area contributed by atoms with E-state index in [0.29, 0.717) is 0 Å². The summed E-state index contributed by atoms with van der Waals surface area (Å²) in [6, 6.07) is 15.9. The molecule has 0 radical (unpaired) electrons. The van der Waals surface area contributed by atoms with Crippen molar-refractivity contribution in [1.82, 2.24) is 9.55 Å². The van der Waals surface area contributed by atoms with Crippen molar-refractivity contribution in [3.63, 3.8) is 0 Å². The second-order valence-corrected chi connectivity index (χ2v) is 6.12. The summed E-state index contributed by atoms with van der Waals surface area (Å²) in [6.45, 7) is 0. The highest BCUT2D eigenvalue weighted by Crippen LogP contribution is 2.22. The molecule has 4 rings (SSSR count). The monoisotopic (exact) mass is 317 g/mol. The van der Waals surface area contributed by atoms with Gasteiger partial charge in [0.1, 0.15) is 6.33 Å². The molecule has 1 aliphatic carbocycles. The molecule has 1 aliphatic rings. The average Bonchev–Trinajstić information content (AvgIpc) is 3.07. The largest absolute Gasteiger partial charge is 0.326 e. The van der Waals surface area contributed by atoms with Gasteiger partial charge >= 0.3 is 0 Å². The Bertz CT molecular complexity index is 893. The summed E-state index contributed by atoms with van der Waals surface area (Å²) in [5.74, 6) is 0.201. The summed E-state index contributed by atoms with van der Waals surface area (Å²) in [4.78, 5) is 16.7. The van der Waals surface area contributed by atoms with Crippen LogP contribution < -0.4 is 5.32 Å². The molecule has 0 unspecified atom stereocenters. The summed E-state index contributed by atoms with van der Waals surface area (Å²) >= 11 is 0. The van der Waals surface area contributed by atoms with Crippen molar-refractivity contribution in [3.05, 3.63) is 67.0 Å². The Balaban J connectivity index is 1.52. The number of anilines is 1. The molecule has 4 heteroatoms. The molecule has 1 atom stereocenters. The molecule has 0 bridgehead atoms. The van der Waals surface area contributed by atoms with Gasteiger partial charge in [-0.2, -0.15) is 0 Å². The predicted molar refractivity (Wildman–Crippen MR) is 96.2 cm³/mol. The lowest BCUT2D eigenvalue weighted by Crippen LogP contribution is -2.23. The number of hydrogen-bond acceptors (Lipinski definition) is 2. The van der Waals surface area contributed by atoms with Crippen molar-refractivity contribution in [1.29, 1.82) is 0 Å². The number of benzene rings is 2. The Morgan fingerprint density at radius 3 is 2.71 bits per heavy atom. The lowest BCUT2D eigenvalue weighted by Gasteiger charge is -2.17. The van der Waals surface area contributed by atoms with Gasteiger partial charge in [0.15, 0.2) is 0 Å². The van der Waals surface area contributed by atoms with E-state index in [1.54, 1.807) is 0 Å². The van der Waals surface area contributed by atoms with Gasteiger partial charge in [-0.1, -0.05) is 24.3 Å². The van der Waals surface area contributed by atoms with E-state index in [-0.39, 0.29) is 11.8 Å². The number of hydrogen-bond donors (Lipinski definition) is 1. The van der Waals surface area contributed by atoms with Crippen molar-refractivity contribution in [3.8, 4) is 5.69 Å². The molecular formula is C20H19N3O. The molecule has 0 saturated carbocycles. The third-order valence-corrected chi connectivity index (χ3v) is 4.51. The topological polar surface area (TPSA) is 46.9 Å². The maximum absolute atomic E-state index is 12.3. The van der Waals surface area contributed by atoms with E-state index < -0.39 is 0 Å². The summed E-state index contributed by atoms with van der Waals surface area (Å²) in [5.41, 5.74) is 3.91. The molecule has 0 aliphatic heterocycles. The molecule has 0 saturated heterocycles. The average molecular weight is 317 g/mol. The summed E-state index contributed by atoms with van der Waals surface area (Å²) in [7, 11) is 0. The van der Waals surface area contributed by atoms with Crippen molar-refractivity contribution < 1.29 is 4.79 Å². The number of allylic oxidation sites excluding steroid dienone is 2. The minimum absolute atomic E-state index is 0.0901. The van der Waals surface area contributed by atoms with E-state index in [0.717, 1.165) is 41.7 Å². The van der Waals surface area contributed by atoms with E-state index in [9.17, 15) is 4.79 Å². The molecule has 1 amide bonds. The van der Waals surface area contributed by atoms with Gasteiger partial charge in [0.2, 0.25) is 5.91 Å². The molecular weight excluding hydrogens is 298 g/mol. The van der Waals surface area contributed by atoms with E-state index in [1.807, 2.05) is 53.4 Å². The van der Waals surface area contributed by atoms with Crippen LogP contribution in [0.4, 0.5) is 5.69 Å². The Hall–Kier alpha value is -2.88. The Kier molecular flexibility index (Phi) is 3.87. The fourth-order valence-corrected chi connectivity index (χ4v) is 3.15. The van der Waals surface area contributed by atoms with Crippen LogP contribution in [-0.4, -0.2) is 15.5 Å². The summed E-state index contributed by atoms with van der Waals surface area (Å²) in [6.07, 6.45) is 8.83. The first kappa shape index (κ1) is 14.7. The summed E-state index contributed by atoms with van der Waals surface area (Å²) < 4.78 is 2.05. The van der Waals surface area contributed by atoms with Crippen LogP contribution in [0.1, 0.15) is 19.3 Å². The number of para-hydroxylation sites is 2. The SMILES string of the molecule is O=C(Nc1ccc(-n2cnc3ccccc32)cc1)[C@@H]1CC=CCC1. The number of fused-ring (bicyclic) bond motifs is 1. The Morgan fingerprint density at radius 1 is 1.08 bits per heavy atom. The predicted octanol–water partition coefficient (Wildman–Crippen LogP) is 4.32. The standard InChI is InChI=1S/C20H19N3O/c24-20(15-6-2-1-3-7-15)22-16-10-12-17(13-11-16)23-14-21-18-8-4-5-9-19(18)23/h1-2,4-5,8-15H,3,6-7H2,(H,22,24)/t15-/m1/s1. The number of amides is 1. The fourth-order valence-electron chi connectivity index (χ4n) is 3.15. The smallest absolute Gasteiger partial charge is 0.227 e. The third-order valence-electron chi connectivity index (χ3n) is 4.51. The molecule has 4 nitrogen and oxygen atoms in total. The second kappa shape index (κ2) is 6.32. The maximum Gasteiger partial charge on any atom is 0.227 e. The van der Waals surface area contributed by atoms with Crippen LogP contribution >= 0.6 is 0 Å². The van der Waals surface area contributed by atoms with Crippen LogP contribution in [0, 0.1) is 5.92 Å². The third kappa shape index (κ3) is 2.83. The quantitative estimate of drug-likeness (QED) is 0.731. The van der Waals surface area contributed by atoms with Gasteiger partial charge in [0, 0.05) is 17.3 Å². The molecule has 0 spiro atoms. The van der Waals surface area contributed by atoms with Crippen LogP contribution in [0.15, 0.2) is 67.0 Å². The lowest BCUT2D eigenvalue weighted by atomic mass is 9.93. The van der Waals surface area contributed by atoms with Gasteiger partial charge in [-0.3, -0.25) is 9.36 Å². The van der Waals surface area contributed by atoms with Crippen LogP contribution in [-0.2, 0) is 4.79 Å². The minimum Gasteiger partial charge on any atom is -0.326 e. The number of carbonyl (C=O) groups excluding carboxylic acids is 1. The first-order valence-corrected chi connectivity index (χ1v) is 8.30. The van der Waals surface area contributed by atoms with E-state index in [2.05, 4.69) is 28.5 Å². The zero-order valence-electron chi connectivity index (χ0n) is 13.4. The van der Waals surface area contributed by atoms with Gasteiger partial charge in [-0.25, -0.2) is 4.98 Å². The second-order valence-electron chi connectivity index (χ2n) is 6.12. The van der Waals surface area contributed by atoms with Crippen LogP contribution in [0.2, 0.25) is 0 Å². The first-order chi connectivity index (χ1) is 11.8. The molecule has 1 N–H and O–H groups in total. The lowest BCUT2D eigenvalue weighted by molar-refractivity contribution is -0.120. The van der Waals surface area contributed by atoms with Crippen molar-refractivity contribution in [2.75, 3.05) is 5.32 Å². The van der Waals surface area contributed by atoms with Crippen molar-refractivity contribution in [2.24, 2.45) is 5.92 Å². The van der Waals surface area contributed by atoms with Crippen LogP contribution in [0.3, 0.4) is 0 Å². The van der Waals surface area contributed by atoms with E-state index >= 15 is 0 Å². The first-order valence-electron chi connectivity index (χ1n) is 8.30. The Morgan fingerprint density at radius 2 is 1.92 bits per heavy atom. The highest BCUT2D eigenvalue weighted by molar-refractivity contribution is 5.92. The number of nitrogens with zero attached hydrogens (tertiary/aromatic N) is 2. The van der Waals surface area contributed by atoms with E-state index in [4.69, 9.17) is 0 Å². The van der Waals surface area contributed by atoms with Gasteiger partial charge in [0.25, 0.3) is 0 Å². The zero-order valence-corrected chi connectivity index (χ0v) is 13.4. The number of carbonyl (C=O) groups is 1. The van der Waals surface area contributed by atoms with Crippen LogP contribution in [0.5, 0.6) is 0 Å². The Labute approximate surface area is 140 Å². The van der Waals surface area contributed by atoms with Gasteiger partial charge in [-0.05, 0) is 55.7 Å². The van der Waals surface area contributed by atoms with Gasteiger partial charge in [-0.15, -0.1) is 0 Å². The molecule has 24 heavy (non-hydrogen) atoms.